The molecule has 21 heavy (non-hydrogen) atoms. The number of rotatable bonds is 3. The van der Waals surface area contributed by atoms with Crippen molar-refractivity contribution >= 4 is 16.7 Å². The van der Waals surface area contributed by atoms with Gasteiger partial charge in [0.1, 0.15) is 17.9 Å². The zero-order valence-electron chi connectivity index (χ0n) is 11.6. The van der Waals surface area contributed by atoms with Crippen LogP contribution in [-0.2, 0) is 6.61 Å². The third kappa shape index (κ3) is 2.89. The van der Waals surface area contributed by atoms with E-state index in [4.69, 9.17) is 14.9 Å². The number of hydrogen-bond donors (Lipinski definition) is 1. The molecule has 3 aromatic rings. The molecule has 0 unspecified atom stereocenters. The van der Waals surface area contributed by atoms with Crippen molar-refractivity contribution in [3.8, 4) is 5.75 Å². The fraction of sp³-hybridized carbons (Fsp3) is 0.118. The van der Waals surface area contributed by atoms with Crippen molar-refractivity contribution in [1.29, 1.82) is 0 Å². The molecule has 0 radical (unpaired) electrons. The molecule has 0 atom stereocenters. The first-order valence-electron chi connectivity index (χ1n) is 6.63. The lowest BCUT2D eigenvalue weighted by Crippen LogP contribution is -2.04. The second kappa shape index (κ2) is 5.32. The van der Waals surface area contributed by atoms with Crippen LogP contribution in [0.5, 0.6) is 5.75 Å². The van der Waals surface area contributed by atoms with Crippen LogP contribution >= 0.6 is 0 Å². The van der Waals surface area contributed by atoms with Crippen LogP contribution in [0.25, 0.3) is 11.0 Å². The minimum absolute atomic E-state index is 0.301. The summed E-state index contributed by atoms with van der Waals surface area (Å²) in [5, 5.41) is 0.894. The highest BCUT2D eigenvalue weighted by atomic mass is 16.5. The molecule has 4 nitrogen and oxygen atoms in total. The van der Waals surface area contributed by atoms with Gasteiger partial charge in [0.25, 0.3) is 0 Å². The quantitative estimate of drug-likeness (QED) is 0.591. The van der Waals surface area contributed by atoms with E-state index in [2.05, 4.69) is 0 Å². The van der Waals surface area contributed by atoms with Crippen LogP contribution in [0.15, 0.2) is 57.7 Å². The molecule has 0 bridgehead atoms. The molecule has 1 aromatic heterocycles. The highest BCUT2D eigenvalue weighted by Crippen LogP contribution is 2.21. The molecule has 2 N–H and O–H groups in total. The van der Waals surface area contributed by atoms with Gasteiger partial charge in [-0.2, -0.15) is 0 Å². The number of benzene rings is 2. The number of fused-ring (bicyclic) bond motifs is 1. The monoisotopic (exact) mass is 281 g/mol. The predicted molar refractivity (Wildman–Crippen MR) is 82.4 cm³/mol. The largest absolute Gasteiger partial charge is 0.489 e. The molecular weight excluding hydrogens is 266 g/mol. The maximum Gasteiger partial charge on any atom is 0.336 e. The number of hydrogen-bond acceptors (Lipinski definition) is 4. The van der Waals surface area contributed by atoms with Crippen molar-refractivity contribution in [2.75, 3.05) is 5.73 Å². The Balaban J connectivity index is 1.94. The Kier molecular flexibility index (Phi) is 3.36. The van der Waals surface area contributed by atoms with E-state index in [0.29, 0.717) is 23.6 Å². The molecule has 1 heterocycles. The van der Waals surface area contributed by atoms with Crippen molar-refractivity contribution in [3.63, 3.8) is 0 Å². The van der Waals surface area contributed by atoms with E-state index in [9.17, 15) is 4.79 Å². The van der Waals surface area contributed by atoms with Crippen molar-refractivity contribution in [2.45, 2.75) is 13.5 Å². The van der Waals surface area contributed by atoms with Crippen LogP contribution in [0.1, 0.15) is 11.1 Å². The fourth-order valence-electron chi connectivity index (χ4n) is 2.19. The van der Waals surface area contributed by atoms with Gasteiger partial charge in [-0.25, -0.2) is 4.79 Å². The summed E-state index contributed by atoms with van der Waals surface area (Å²) in [5.41, 5.74) is 8.43. The topological polar surface area (TPSA) is 65.5 Å². The van der Waals surface area contributed by atoms with Gasteiger partial charge in [-0.15, -0.1) is 0 Å². The van der Waals surface area contributed by atoms with Gasteiger partial charge in [-0.05, 0) is 43.3 Å². The molecule has 0 spiro atoms. The second-order valence-corrected chi connectivity index (χ2v) is 4.95. The minimum Gasteiger partial charge on any atom is -0.489 e. The van der Waals surface area contributed by atoms with Crippen LogP contribution in [0, 0.1) is 6.92 Å². The number of ether oxygens (including phenoxy) is 1. The smallest absolute Gasteiger partial charge is 0.336 e. The van der Waals surface area contributed by atoms with Gasteiger partial charge < -0.3 is 14.9 Å². The molecule has 0 fully saturated rings. The summed E-state index contributed by atoms with van der Waals surface area (Å²) in [6, 6.07) is 14.3. The molecule has 0 aliphatic carbocycles. The molecule has 2 aromatic carbocycles. The average Bonchev–Trinajstić information content (AvgIpc) is 2.47. The van der Waals surface area contributed by atoms with E-state index in [1.807, 2.05) is 19.1 Å². The maximum atomic E-state index is 11.6. The third-order valence-corrected chi connectivity index (χ3v) is 3.26. The Labute approximate surface area is 121 Å². The lowest BCUT2D eigenvalue weighted by Gasteiger charge is -2.09. The third-order valence-electron chi connectivity index (χ3n) is 3.26. The van der Waals surface area contributed by atoms with Gasteiger partial charge in [0.15, 0.2) is 0 Å². The molecule has 4 heteroatoms. The van der Waals surface area contributed by atoms with Gasteiger partial charge in [-0.3, -0.25) is 0 Å². The summed E-state index contributed by atoms with van der Waals surface area (Å²) in [6.45, 7) is 2.30. The highest BCUT2D eigenvalue weighted by molar-refractivity contribution is 5.80. The van der Waals surface area contributed by atoms with Crippen LogP contribution < -0.4 is 16.1 Å². The first-order chi connectivity index (χ1) is 10.1. The Hall–Kier alpha value is -2.75. The average molecular weight is 281 g/mol. The maximum absolute atomic E-state index is 11.6. The Morgan fingerprint density at radius 1 is 1.10 bits per heavy atom. The summed E-state index contributed by atoms with van der Waals surface area (Å²) in [5.74, 6) is 0.707. The summed E-state index contributed by atoms with van der Waals surface area (Å²) < 4.78 is 10.9. The Bertz CT molecular complexity index is 835. The van der Waals surface area contributed by atoms with E-state index < -0.39 is 0 Å². The molecule has 0 aliphatic heterocycles. The highest BCUT2D eigenvalue weighted by Gasteiger charge is 2.07. The standard InChI is InChI=1S/C17H15NO3/c1-11-2-7-16-15(8-11)12(9-17(19)21-16)10-20-14-5-3-13(18)4-6-14/h2-9H,10,18H2,1H3. The van der Waals surface area contributed by atoms with Gasteiger partial charge in [0, 0.05) is 22.7 Å². The van der Waals surface area contributed by atoms with Crippen molar-refractivity contribution in [1.82, 2.24) is 0 Å². The first kappa shape index (κ1) is 13.2. The van der Waals surface area contributed by atoms with Crippen molar-refractivity contribution < 1.29 is 9.15 Å². The van der Waals surface area contributed by atoms with E-state index >= 15 is 0 Å². The summed E-state index contributed by atoms with van der Waals surface area (Å²) >= 11 is 0. The van der Waals surface area contributed by atoms with Gasteiger partial charge >= 0.3 is 5.63 Å². The number of nitrogens with two attached hydrogens (primary N) is 1. The van der Waals surface area contributed by atoms with E-state index in [1.165, 1.54) is 6.07 Å². The van der Waals surface area contributed by atoms with E-state index in [-0.39, 0.29) is 5.63 Å². The summed E-state index contributed by atoms with van der Waals surface area (Å²) in [4.78, 5) is 11.6. The zero-order chi connectivity index (χ0) is 14.8. The van der Waals surface area contributed by atoms with Crippen LogP contribution in [0.4, 0.5) is 5.69 Å². The van der Waals surface area contributed by atoms with Gasteiger partial charge in [0.2, 0.25) is 0 Å². The lowest BCUT2D eigenvalue weighted by atomic mass is 10.1. The Morgan fingerprint density at radius 2 is 1.86 bits per heavy atom. The van der Waals surface area contributed by atoms with Crippen LogP contribution in [-0.4, -0.2) is 0 Å². The molecule has 0 amide bonds. The molecule has 3 rings (SSSR count). The van der Waals surface area contributed by atoms with Crippen LogP contribution in [0.2, 0.25) is 0 Å². The normalized spacial score (nSPS) is 10.7. The molecule has 0 saturated carbocycles. The number of aryl methyl sites for hydroxylation is 1. The fourth-order valence-corrected chi connectivity index (χ4v) is 2.19. The number of nitrogen functional groups attached to an aromatic ring is 1. The molecule has 0 aliphatic rings. The molecular formula is C17H15NO3. The first-order valence-corrected chi connectivity index (χ1v) is 6.63. The van der Waals surface area contributed by atoms with Gasteiger partial charge in [-0.1, -0.05) is 11.6 Å². The SMILES string of the molecule is Cc1ccc2oc(=O)cc(COc3ccc(N)cc3)c2c1. The number of anilines is 1. The van der Waals surface area contributed by atoms with E-state index in [1.54, 1.807) is 30.3 Å². The molecule has 106 valence electrons. The van der Waals surface area contributed by atoms with Crippen molar-refractivity contribution in [3.05, 3.63) is 70.1 Å². The predicted octanol–water partition coefficient (Wildman–Crippen LogP) is 3.26. The minimum atomic E-state index is -0.373. The second-order valence-electron chi connectivity index (χ2n) is 4.95. The van der Waals surface area contributed by atoms with Crippen molar-refractivity contribution in [2.24, 2.45) is 0 Å². The zero-order valence-corrected chi connectivity index (χ0v) is 11.6. The lowest BCUT2D eigenvalue weighted by molar-refractivity contribution is 0.306. The van der Waals surface area contributed by atoms with Gasteiger partial charge in [0.05, 0.1) is 0 Å². The van der Waals surface area contributed by atoms with E-state index in [0.717, 1.165) is 16.5 Å². The Morgan fingerprint density at radius 3 is 2.62 bits per heavy atom. The summed E-state index contributed by atoms with van der Waals surface area (Å²) in [6.07, 6.45) is 0. The summed E-state index contributed by atoms with van der Waals surface area (Å²) in [7, 11) is 0. The van der Waals surface area contributed by atoms with Crippen LogP contribution in [0.3, 0.4) is 0 Å². The molecule has 0 saturated heterocycles.